The molecule has 6 rings (SSSR count). The van der Waals surface area contributed by atoms with Gasteiger partial charge in [0.2, 0.25) is 11.8 Å². The molecule has 1 atom stereocenters. The van der Waals surface area contributed by atoms with E-state index in [1.807, 2.05) is 49.3 Å². The van der Waals surface area contributed by atoms with Gasteiger partial charge in [0, 0.05) is 70.1 Å². The predicted molar refractivity (Wildman–Crippen MR) is 223 cm³/mol. The lowest BCUT2D eigenvalue weighted by molar-refractivity contribution is -0.136. The first kappa shape index (κ1) is 46.3. The van der Waals surface area contributed by atoms with E-state index in [2.05, 4.69) is 16.0 Å². The quantitative estimate of drug-likeness (QED) is 0.120. The van der Waals surface area contributed by atoms with Crippen molar-refractivity contribution in [2.24, 2.45) is 7.05 Å². The Labute approximate surface area is 357 Å². The first-order valence-corrected chi connectivity index (χ1v) is 19.8. The van der Waals surface area contributed by atoms with E-state index < -0.39 is 42.2 Å². The summed E-state index contributed by atoms with van der Waals surface area (Å²) in [5, 5.41) is 14.7. The third kappa shape index (κ3) is 10.4. The highest BCUT2D eigenvalue weighted by Crippen LogP contribution is 2.38. The number of fused-ring (bicyclic) bond motifs is 2. The SMILES string of the molecule is COc1cc(-c2cn(C)c(=O)c3c2CCN(C(=O)NCCN(C)CCNC(=O)COc2cccc4c2C(=O)N(C2CCC(=O)NC2=O)C4=O)C3)cc(OC)c1CN(C)C.O=CO. The number of carbonyl (C=O) groups is 7. The van der Waals surface area contributed by atoms with E-state index in [0.717, 1.165) is 27.2 Å². The summed E-state index contributed by atoms with van der Waals surface area (Å²) in [6.07, 6.45) is 2.33. The van der Waals surface area contributed by atoms with Gasteiger partial charge in [-0.05, 0) is 69.4 Å². The molecule has 0 saturated carbocycles. The van der Waals surface area contributed by atoms with E-state index in [1.165, 1.54) is 22.8 Å². The Balaban J connectivity index is 0.00000235. The van der Waals surface area contributed by atoms with Crippen LogP contribution in [0.15, 0.2) is 41.3 Å². The Morgan fingerprint density at radius 3 is 2.21 bits per heavy atom. The molecule has 4 heterocycles. The lowest BCUT2D eigenvalue weighted by Crippen LogP contribution is -2.54. The summed E-state index contributed by atoms with van der Waals surface area (Å²) in [6.45, 7) is 2.06. The van der Waals surface area contributed by atoms with Crippen molar-refractivity contribution in [1.82, 2.24) is 40.1 Å². The predicted octanol–water partition coefficient (Wildman–Crippen LogP) is 0.428. The van der Waals surface area contributed by atoms with E-state index >= 15 is 0 Å². The van der Waals surface area contributed by atoms with Crippen LogP contribution >= 0.6 is 0 Å². The van der Waals surface area contributed by atoms with Gasteiger partial charge in [0.1, 0.15) is 23.3 Å². The Bertz CT molecular complexity index is 2270. The van der Waals surface area contributed by atoms with Gasteiger partial charge < -0.3 is 49.2 Å². The highest BCUT2D eigenvalue weighted by atomic mass is 16.5. The van der Waals surface area contributed by atoms with Crippen molar-refractivity contribution in [2.45, 2.75) is 38.4 Å². The molecule has 3 aromatic rings. The van der Waals surface area contributed by atoms with Crippen LogP contribution in [0.3, 0.4) is 0 Å². The second kappa shape index (κ2) is 20.6. The first-order valence-electron chi connectivity index (χ1n) is 19.8. The summed E-state index contributed by atoms with van der Waals surface area (Å²) in [7, 11) is 10.7. The molecule has 20 nitrogen and oxygen atoms in total. The fourth-order valence-corrected chi connectivity index (χ4v) is 7.60. The van der Waals surface area contributed by atoms with Gasteiger partial charge in [-0.1, -0.05) is 6.07 Å². The summed E-state index contributed by atoms with van der Waals surface area (Å²) in [4.78, 5) is 104. The van der Waals surface area contributed by atoms with Crippen LogP contribution in [0.5, 0.6) is 17.2 Å². The molecule has 1 unspecified atom stereocenters. The van der Waals surface area contributed by atoms with Gasteiger partial charge in [-0.3, -0.25) is 43.8 Å². The molecule has 1 saturated heterocycles. The number of amides is 7. The van der Waals surface area contributed by atoms with Crippen molar-refractivity contribution in [3.05, 3.63) is 74.7 Å². The monoisotopic (exact) mass is 860 g/mol. The van der Waals surface area contributed by atoms with Crippen LogP contribution in [0.1, 0.15) is 50.2 Å². The van der Waals surface area contributed by atoms with Crippen molar-refractivity contribution >= 4 is 42.0 Å². The smallest absolute Gasteiger partial charge is 0.317 e. The number of piperidine rings is 1. The van der Waals surface area contributed by atoms with Crippen molar-refractivity contribution < 1.29 is 52.9 Å². The van der Waals surface area contributed by atoms with Crippen molar-refractivity contribution in [3.8, 4) is 28.4 Å². The van der Waals surface area contributed by atoms with Crippen LogP contribution in [0, 0.1) is 0 Å². The van der Waals surface area contributed by atoms with Gasteiger partial charge >= 0.3 is 6.03 Å². The summed E-state index contributed by atoms with van der Waals surface area (Å²) >= 11 is 0. The minimum absolute atomic E-state index is 0.00196. The molecule has 3 aliphatic heterocycles. The molecule has 1 fully saturated rings. The number of ether oxygens (including phenoxy) is 3. The number of benzene rings is 2. The summed E-state index contributed by atoms with van der Waals surface area (Å²) in [5.74, 6) is -1.65. The standard InChI is InChI=1S/C41H50N8O10.CH2O2/c1-45(2)20-29-32(57-5)18-24(19-33(29)58-6)27-21-47(4)38(53)28-22-48(15-12-25(27)28)41(56)43-14-17-46(3)16-13-42-35(51)23-59-31-9-7-8-26-36(31)40(55)49(39(26)54)30-10-11-34(50)44-37(30)52;2-1-3/h7-9,18-19,21,30H,10-17,20,22-23H2,1-6H3,(H,42,51)(H,43,56)(H,44,50,52);1H,(H,2,3). The molecular formula is C42H52N8O12. The topological polar surface area (TPSA) is 238 Å². The summed E-state index contributed by atoms with van der Waals surface area (Å²) in [5.41, 5.74) is 3.95. The van der Waals surface area contributed by atoms with Crippen LogP contribution < -0.4 is 35.7 Å². The number of rotatable bonds is 15. The van der Waals surface area contributed by atoms with Crippen molar-refractivity contribution in [3.63, 3.8) is 0 Å². The summed E-state index contributed by atoms with van der Waals surface area (Å²) < 4.78 is 18.7. The number of nitrogens with zero attached hydrogens (tertiary/aromatic N) is 5. The number of nitrogens with one attached hydrogen (secondary N) is 3. The van der Waals surface area contributed by atoms with Crippen molar-refractivity contribution in [1.29, 1.82) is 0 Å². The molecule has 1 aromatic heterocycles. The van der Waals surface area contributed by atoms with E-state index in [0.29, 0.717) is 56.2 Å². The molecule has 20 heteroatoms. The van der Waals surface area contributed by atoms with E-state index in [9.17, 15) is 33.6 Å². The fraction of sp³-hybridized carbons (Fsp3) is 0.429. The molecule has 0 radical (unpaired) electrons. The van der Waals surface area contributed by atoms with Gasteiger partial charge in [-0.25, -0.2) is 4.79 Å². The van der Waals surface area contributed by atoms with Gasteiger partial charge in [-0.2, -0.15) is 0 Å². The number of carbonyl (C=O) groups excluding carboxylic acids is 6. The second-order valence-corrected chi connectivity index (χ2v) is 15.1. The minimum Gasteiger partial charge on any atom is -0.496 e. The molecule has 0 aliphatic carbocycles. The number of hydrogen-bond acceptors (Lipinski definition) is 13. The van der Waals surface area contributed by atoms with Crippen LogP contribution in [-0.4, -0.2) is 152 Å². The Kier molecular flexibility index (Phi) is 15.4. The number of carboxylic acid groups (broad SMARTS) is 1. The van der Waals surface area contributed by atoms with E-state index in [1.54, 1.807) is 26.2 Å². The lowest BCUT2D eigenvalue weighted by Gasteiger charge is -2.30. The molecule has 332 valence electrons. The maximum atomic E-state index is 13.4. The maximum absolute atomic E-state index is 13.4. The zero-order chi connectivity index (χ0) is 45.2. The molecule has 0 bridgehead atoms. The number of likely N-dealkylation sites (N-methyl/N-ethyl adjacent to an activating group) is 1. The number of aromatic nitrogens is 1. The van der Waals surface area contributed by atoms with Crippen LogP contribution in [0.25, 0.3) is 11.1 Å². The summed E-state index contributed by atoms with van der Waals surface area (Å²) in [6, 6.07) is 6.94. The first-order chi connectivity index (χ1) is 29.6. The molecule has 3 aliphatic rings. The third-order valence-corrected chi connectivity index (χ3v) is 10.6. The molecule has 7 amide bonds. The van der Waals surface area contributed by atoms with Crippen LogP contribution in [0.4, 0.5) is 4.79 Å². The number of urea groups is 1. The zero-order valence-electron chi connectivity index (χ0n) is 35.6. The minimum atomic E-state index is -1.12. The Morgan fingerprint density at radius 2 is 1.58 bits per heavy atom. The highest BCUT2D eigenvalue weighted by Gasteiger charge is 2.46. The highest BCUT2D eigenvalue weighted by molar-refractivity contribution is 6.24. The van der Waals surface area contributed by atoms with Crippen LogP contribution in [-0.2, 0) is 45.7 Å². The Morgan fingerprint density at radius 1 is 0.919 bits per heavy atom. The zero-order valence-corrected chi connectivity index (χ0v) is 35.6. The third-order valence-electron chi connectivity index (χ3n) is 10.6. The molecule has 2 aromatic carbocycles. The van der Waals surface area contributed by atoms with Crippen LogP contribution in [0.2, 0.25) is 0 Å². The molecule has 62 heavy (non-hydrogen) atoms. The van der Waals surface area contributed by atoms with Crippen molar-refractivity contribution in [2.75, 3.05) is 74.7 Å². The van der Waals surface area contributed by atoms with E-state index in [-0.39, 0.29) is 60.9 Å². The molecule has 4 N–H and O–H groups in total. The van der Waals surface area contributed by atoms with Gasteiger partial charge in [0.05, 0.1) is 37.5 Å². The fourth-order valence-electron chi connectivity index (χ4n) is 7.60. The number of pyridine rings is 1. The average Bonchev–Trinajstić information content (AvgIpc) is 3.50. The molecular weight excluding hydrogens is 809 g/mol. The number of hydrogen-bond donors (Lipinski definition) is 4. The number of aryl methyl sites for hydroxylation is 1. The normalized spacial score (nSPS) is 15.6. The second-order valence-electron chi connectivity index (χ2n) is 15.1. The Hall–Kier alpha value is -6.80. The van der Waals surface area contributed by atoms with E-state index in [4.69, 9.17) is 24.1 Å². The lowest BCUT2D eigenvalue weighted by atomic mass is 9.91. The maximum Gasteiger partial charge on any atom is 0.317 e. The number of imide groups is 2. The largest absolute Gasteiger partial charge is 0.496 e. The van der Waals surface area contributed by atoms with Gasteiger partial charge in [-0.15, -0.1) is 0 Å². The average molecular weight is 861 g/mol. The van der Waals surface area contributed by atoms with Gasteiger partial charge in [0.25, 0.3) is 29.8 Å². The van der Waals surface area contributed by atoms with Gasteiger partial charge in [0.15, 0.2) is 6.61 Å². The number of methoxy groups -OCH3 is 2. The molecule has 0 spiro atoms.